The number of nitrogens with one attached hydrogen (secondary N) is 5. The Morgan fingerprint density at radius 1 is 0.792 bits per heavy atom. The summed E-state index contributed by atoms with van der Waals surface area (Å²) in [6.45, 7) is 2.60. The summed E-state index contributed by atoms with van der Waals surface area (Å²) < 4.78 is 0. The molecule has 7 amide bonds. The second kappa shape index (κ2) is 21.2. The fraction of sp³-hybridized carbons (Fsp3) is 0.424. The lowest BCUT2D eigenvalue weighted by atomic mass is 9.92. The Kier molecular flexibility index (Phi) is 17.5. The van der Waals surface area contributed by atoms with Crippen LogP contribution < -0.4 is 43.8 Å². The van der Waals surface area contributed by atoms with Crippen molar-refractivity contribution >= 4 is 48.5 Å². The molecule has 14 N–H and O–H groups in total. The quantitative estimate of drug-likeness (QED) is 0.0456. The molecule has 0 spiro atoms. The highest BCUT2D eigenvalue weighted by molar-refractivity contribution is 6.41. The Bertz CT molecular complexity index is 1590. The van der Waals surface area contributed by atoms with Crippen LogP contribution >= 0.6 is 0 Å². The van der Waals surface area contributed by atoms with Gasteiger partial charge in [-0.2, -0.15) is 0 Å². The molecule has 0 aromatic heterocycles. The van der Waals surface area contributed by atoms with Crippen LogP contribution in [0.15, 0.2) is 48.5 Å². The van der Waals surface area contributed by atoms with Gasteiger partial charge >= 0.3 is 7.12 Å². The highest BCUT2D eigenvalue weighted by Crippen LogP contribution is 2.21. The van der Waals surface area contributed by atoms with E-state index >= 15 is 0 Å². The van der Waals surface area contributed by atoms with Gasteiger partial charge in [-0.05, 0) is 48.6 Å². The third kappa shape index (κ3) is 14.3. The van der Waals surface area contributed by atoms with Crippen LogP contribution in [0.4, 0.5) is 0 Å². The molecule has 0 saturated carbocycles. The Morgan fingerprint density at radius 2 is 1.36 bits per heavy atom. The number of likely N-dealkylation sites (N-methyl/N-ethyl adjacent to an activating group) is 1. The van der Waals surface area contributed by atoms with Crippen LogP contribution in [-0.2, 0) is 35.2 Å². The van der Waals surface area contributed by atoms with Gasteiger partial charge in [0.15, 0.2) is 12.3 Å². The maximum absolute atomic E-state index is 13.0. The first-order chi connectivity index (χ1) is 24.9. The second-order valence-corrected chi connectivity index (χ2v) is 12.2. The lowest BCUT2D eigenvalue weighted by Gasteiger charge is -2.30. The van der Waals surface area contributed by atoms with Crippen molar-refractivity contribution in [2.75, 3.05) is 20.0 Å². The number of nitrogens with two attached hydrogens (primary N) is 3. The number of hydrogen-bond donors (Lipinski definition) is 11. The van der Waals surface area contributed by atoms with Gasteiger partial charge in [-0.15, -0.1) is 0 Å². The molecule has 288 valence electrons. The first-order valence-corrected chi connectivity index (χ1v) is 16.7. The van der Waals surface area contributed by atoms with E-state index in [0.717, 1.165) is 42.3 Å². The number of carbonyl (C=O) groups excluding carboxylic acids is 7. The third-order valence-electron chi connectivity index (χ3n) is 7.85. The zero-order valence-corrected chi connectivity index (χ0v) is 29.7. The van der Waals surface area contributed by atoms with Crippen LogP contribution in [0.1, 0.15) is 49.0 Å². The van der Waals surface area contributed by atoms with Crippen molar-refractivity contribution in [1.29, 1.82) is 0 Å². The summed E-state index contributed by atoms with van der Waals surface area (Å²) in [7, 11) is -0.793. The maximum Gasteiger partial charge on any atom is 0.472 e. The molecular weight excluding hydrogens is 693 g/mol. The molecular formula is C33H48BN9O10. The average molecular weight is 742 g/mol. The van der Waals surface area contributed by atoms with E-state index in [1.807, 2.05) is 12.1 Å². The molecule has 2 aromatic rings. The first-order valence-electron chi connectivity index (χ1n) is 16.7. The van der Waals surface area contributed by atoms with E-state index in [0.29, 0.717) is 0 Å². The van der Waals surface area contributed by atoms with Crippen molar-refractivity contribution < 1.29 is 48.7 Å². The van der Waals surface area contributed by atoms with E-state index in [9.17, 15) is 38.7 Å². The van der Waals surface area contributed by atoms with Gasteiger partial charge in [0, 0.05) is 12.6 Å². The van der Waals surface area contributed by atoms with E-state index < -0.39 is 98.4 Å². The van der Waals surface area contributed by atoms with Gasteiger partial charge in [-0.25, -0.2) is 0 Å². The number of rotatable bonds is 20. The molecule has 0 aliphatic heterocycles. The van der Waals surface area contributed by atoms with Crippen molar-refractivity contribution in [2.45, 2.75) is 70.0 Å². The molecule has 2 rings (SSSR count). The fourth-order valence-corrected chi connectivity index (χ4v) is 4.91. The highest BCUT2D eigenvalue weighted by Gasteiger charge is 2.34. The third-order valence-corrected chi connectivity index (χ3v) is 7.85. The molecule has 19 nitrogen and oxygen atoms in total. The monoisotopic (exact) mass is 741 g/mol. The lowest BCUT2D eigenvalue weighted by Crippen LogP contribution is -2.62. The van der Waals surface area contributed by atoms with Gasteiger partial charge in [0.1, 0.15) is 12.1 Å². The van der Waals surface area contributed by atoms with E-state index in [1.54, 1.807) is 24.3 Å². The fourth-order valence-electron chi connectivity index (χ4n) is 4.91. The maximum atomic E-state index is 13.0. The van der Waals surface area contributed by atoms with Crippen LogP contribution in [0.3, 0.4) is 0 Å². The van der Waals surface area contributed by atoms with Crippen molar-refractivity contribution in [1.82, 2.24) is 31.5 Å². The van der Waals surface area contributed by atoms with Gasteiger partial charge in [-0.1, -0.05) is 49.7 Å². The minimum atomic E-state index is -1.92. The number of amides is 7. The number of primary amides is 1. The topological polar surface area (TPSA) is 322 Å². The van der Waals surface area contributed by atoms with Gasteiger partial charge in [0.25, 0.3) is 17.7 Å². The zero-order chi connectivity index (χ0) is 39.8. The van der Waals surface area contributed by atoms with Crippen molar-refractivity contribution in [2.24, 2.45) is 17.2 Å². The van der Waals surface area contributed by atoms with Crippen molar-refractivity contribution in [3.8, 4) is 11.1 Å². The minimum absolute atomic E-state index is 0.234. The molecule has 0 fully saturated rings. The van der Waals surface area contributed by atoms with Gasteiger partial charge in [-0.3, -0.25) is 33.6 Å². The predicted molar refractivity (Wildman–Crippen MR) is 192 cm³/mol. The molecule has 53 heavy (non-hydrogen) atoms. The van der Waals surface area contributed by atoms with Crippen LogP contribution in [-0.4, -0.2) is 119 Å². The van der Waals surface area contributed by atoms with Gasteiger partial charge in [0.2, 0.25) is 23.6 Å². The smallest absolute Gasteiger partial charge is 0.426 e. The molecule has 5 unspecified atom stereocenters. The summed E-state index contributed by atoms with van der Waals surface area (Å²) in [6.07, 6.45) is -3.06. The molecule has 5 atom stereocenters. The number of aliphatic hydroxyl groups is 1. The molecule has 2 aromatic carbocycles. The molecule has 20 heteroatoms. The lowest BCUT2D eigenvalue weighted by molar-refractivity contribution is -0.144. The standard InChI is InChI=1S/C33H48BN9O10/c1-4-5-6-19-7-9-20(10-8-19)21-11-13-22(14-12-21)29(47)41-27(36)32(50)38-16-25(46)43(3)26(18(2)44)31(49)42-28(37)33(51)40-23(15-24(35)45)30(48)39-17-34(52)53/h7-14,18,23,26-28,44,52-53H,4-6,15-17,36-37H2,1-3H3,(H2,35,45)(H,38,50)(H,39,48)(H,40,51)(H,41,47)(H,42,49). The number of aliphatic hydroxyl groups excluding tert-OH is 1. The number of nitrogens with zero attached hydrogens (tertiary/aromatic N) is 1. The molecule has 0 heterocycles. The Hall–Kier alpha value is -5.41. The first kappa shape index (κ1) is 43.8. The van der Waals surface area contributed by atoms with Crippen molar-refractivity contribution in [3.63, 3.8) is 0 Å². The Labute approximate surface area is 306 Å². The van der Waals surface area contributed by atoms with Gasteiger partial charge < -0.3 is 63.8 Å². The molecule has 0 saturated heterocycles. The summed E-state index contributed by atoms with van der Waals surface area (Å²) in [5.74, 6) is -6.74. The zero-order valence-electron chi connectivity index (χ0n) is 29.7. The van der Waals surface area contributed by atoms with E-state index in [2.05, 4.69) is 45.6 Å². The van der Waals surface area contributed by atoms with Crippen LogP contribution in [0.2, 0.25) is 0 Å². The number of hydrogen-bond acceptors (Lipinski definition) is 12. The number of benzene rings is 2. The SMILES string of the molecule is CCCCc1ccc(-c2ccc(C(=O)NC(N)C(=O)NCC(=O)N(C)C(C(=O)NC(N)C(=O)NC(CC(N)=O)C(=O)NCB(O)O)C(C)O)cc2)cc1. The molecule has 0 aliphatic rings. The van der Waals surface area contributed by atoms with Crippen LogP contribution in [0.5, 0.6) is 0 Å². The predicted octanol–water partition coefficient (Wildman–Crippen LogP) is -4.08. The average Bonchev–Trinajstić information content (AvgIpc) is 3.11. The Morgan fingerprint density at radius 3 is 1.89 bits per heavy atom. The molecule has 0 aliphatic carbocycles. The largest absolute Gasteiger partial charge is 0.472 e. The summed E-state index contributed by atoms with van der Waals surface area (Å²) >= 11 is 0. The normalized spacial score (nSPS) is 13.6. The van der Waals surface area contributed by atoms with Crippen molar-refractivity contribution in [3.05, 3.63) is 59.7 Å². The summed E-state index contributed by atoms with van der Waals surface area (Å²) in [5.41, 5.74) is 20.0. The second-order valence-electron chi connectivity index (χ2n) is 12.2. The number of unbranched alkanes of at least 4 members (excludes halogenated alkanes) is 1. The van der Waals surface area contributed by atoms with Crippen LogP contribution in [0, 0.1) is 0 Å². The molecule has 0 bridgehead atoms. The number of carbonyl (C=O) groups is 7. The highest BCUT2D eigenvalue weighted by atomic mass is 16.4. The van der Waals surface area contributed by atoms with E-state index in [-0.39, 0.29) is 5.56 Å². The summed E-state index contributed by atoms with van der Waals surface area (Å²) in [4.78, 5) is 88.3. The minimum Gasteiger partial charge on any atom is -0.426 e. The summed E-state index contributed by atoms with van der Waals surface area (Å²) in [6, 6.07) is 11.6. The van der Waals surface area contributed by atoms with Crippen LogP contribution in [0.25, 0.3) is 11.1 Å². The molecule has 0 radical (unpaired) electrons. The van der Waals surface area contributed by atoms with E-state index in [1.165, 1.54) is 12.5 Å². The number of aryl methyl sites for hydroxylation is 1. The van der Waals surface area contributed by atoms with E-state index in [4.69, 9.17) is 27.2 Å². The van der Waals surface area contributed by atoms with Gasteiger partial charge in [0.05, 0.1) is 25.5 Å². The Balaban J connectivity index is 1.93. The summed E-state index contributed by atoms with van der Waals surface area (Å²) in [5, 5.41) is 39.0.